The molecule has 5 rings (SSSR count). The number of hydrogen-bond acceptors (Lipinski definition) is 7. The van der Waals surface area contributed by atoms with Gasteiger partial charge in [-0.25, -0.2) is 0 Å². The second-order valence-electron chi connectivity index (χ2n) is 11.0. The van der Waals surface area contributed by atoms with Gasteiger partial charge in [0.2, 0.25) is 5.91 Å². The summed E-state index contributed by atoms with van der Waals surface area (Å²) in [6.45, 7) is 0.611. The molecule has 1 unspecified atom stereocenters. The highest BCUT2D eigenvalue weighted by atomic mass is 16.7. The van der Waals surface area contributed by atoms with E-state index in [1.807, 2.05) is 78.9 Å². The van der Waals surface area contributed by atoms with E-state index in [0.29, 0.717) is 0 Å². The Kier molecular flexibility index (Phi) is 11.1. The fourth-order valence-corrected chi connectivity index (χ4v) is 5.38. The van der Waals surface area contributed by atoms with E-state index < -0.39 is 30.6 Å². The maximum absolute atomic E-state index is 13.0. The molecule has 0 radical (unpaired) electrons. The zero-order valence-electron chi connectivity index (χ0n) is 25.3. The fourth-order valence-electron chi connectivity index (χ4n) is 5.38. The number of aliphatic hydroxyl groups is 1. The number of nitrogens with two attached hydrogens (primary N) is 2. The minimum Gasteiger partial charge on any atom is -0.388 e. The van der Waals surface area contributed by atoms with Crippen molar-refractivity contribution in [2.24, 2.45) is 16.5 Å². The second-order valence-corrected chi connectivity index (χ2v) is 11.0. The summed E-state index contributed by atoms with van der Waals surface area (Å²) in [4.78, 5) is 16.9. The van der Waals surface area contributed by atoms with Crippen molar-refractivity contribution >= 4 is 22.6 Å². The Hall–Kier alpha value is -4.32. The average Bonchev–Trinajstić information content (AvgIpc) is 3.05. The van der Waals surface area contributed by atoms with Crippen LogP contribution in [0, 0.1) is 0 Å². The van der Waals surface area contributed by atoms with E-state index >= 15 is 0 Å². The van der Waals surface area contributed by atoms with Crippen molar-refractivity contribution in [2.75, 3.05) is 20.3 Å². The van der Waals surface area contributed by atoms with E-state index in [9.17, 15) is 9.90 Å². The van der Waals surface area contributed by atoms with E-state index in [0.717, 1.165) is 33.0 Å². The molecule has 10 heteroatoms. The molecule has 1 heterocycles. The van der Waals surface area contributed by atoms with Crippen LogP contribution in [0.3, 0.4) is 0 Å². The normalized spacial score (nSPS) is 21.3. The zero-order valence-corrected chi connectivity index (χ0v) is 25.3. The molecule has 1 saturated heterocycles. The lowest BCUT2D eigenvalue weighted by atomic mass is 9.96. The number of amides is 1. The molecule has 1 amide bonds. The Morgan fingerprint density at radius 3 is 2.27 bits per heavy atom. The van der Waals surface area contributed by atoms with Crippen LogP contribution in [0.1, 0.15) is 17.5 Å². The van der Waals surface area contributed by atoms with E-state index in [-0.39, 0.29) is 44.7 Å². The summed E-state index contributed by atoms with van der Waals surface area (Å²) in [5.41, 5.74) is 14.9. The predicted octanol–water partition coefficient (Wildman–Crippen LogP) is 3.49. The number of ether oxygens (including phenoxy) is 4. The Balaban J connectivity index is 1.35. The van der Waals surface area contributed by atoms with Crippen LogP contribution in [0.2, 0.25) is 0 Å². The summed E-state index contributed by atoms with van der Waals surface area (Å²) >= 11 is 0. The highest BCUT2D eigenvalue weighted by Crippen LogP contribution is 2.28. The lowest BCUT2D eigenvalue weighted by Crippen LogP contribution is -2.65. The first-order chi connectivity index (χ1) is 21.9. The van der Waals surface area contributed by atoms with Crippen LogP contribution in [0.25, 0.3) is 21.9 Å². The molecule has 45 heavy (non-hydrogen) atoms. The number of hydrogen-bond donors (Lipinski definition) is 4. The summed E-state index contributed by atoms with van der Waals surface area (Å²) < 4.78 is 24.2. The van der Waals surface area contributed by atoms with Gasteiger partial charge in [0.05, 0.1) is 26.4 Å². The first-order valence-corrected chi connectivity index (χ1v) is 14.9. The molecule has 0 aliphatic carbocycles. The number of carbonyl (C=O) groups excluding carboxylic acids is 1. The van der Waals surface area contributed by atoms with Gasteiger partial charge in [-0.05, 0) is 39.1 Å². The quantitative estimate of drug-likeness (QED) is 0.132. The molecule has 0 saturated carbocycles. The summed E-state index contributed by atoms with van der Waals surface area (Å²) in [5, 5.41) is 16.5. The first kappa shape index (κ1) is 32.1. The largest absolute Gasteiger partial charge is 0.388 e. The highest BCUT2D eigenvalue weighted by molar-refractivity contribution is 5.83. The second kappa shape index (κ2) is 15.6. The van der Waals surface area contributed by atoms with Gasteiger partial charge in [-0.2, -0.15) is 0 Å². The number of aliphatic hydroxyl groups excluding tert-OH is 1. The fraction of sp³-hybridized carbons (Fsp3) is 0.314. The first-order valence-electron chi connectivity index (χ1n) is 14.9. The van der Waals surface area contributed by atoms with Crippen LogP contribution >= 0.6 is 0 Å². The van der Waals surface area contributed by atoms with Crippen LogP contribution in [0.15, 0.2) is 102 Å². The Morgan fingerprint density at radius 2 is 1.53 bits per heavy atom. The number of benzene rings is 4. The molecule has 5 atom stereocenters. The molecule has 236 valence electrons. The van der Waals surface area contributed by atoms with Crippen molar-refractivity contribution in [2.45, 2.75) is 50.3 Å². The lowest BCUT2D eigenvalue weighted by molar-refractivity contribution is -0.282. The van der Waals surface area contributed by atoms with Crippen molar-refractivity contribution in [3.63, 3.8) is 0 Å². The maximum atomic E-state index is 13.0. The van der Waals surface area contributed by atoms with Crippen molar-refractivity contribution in [1.82, 2.24) is 5.32 Å². The predicted molar refractivity (Wildman–Crippen MR) is 173 cm³/mol. The SMILES string of the molecule is COC[C@H]1OC(OCc2ccc3ccccc3c2)[C@H](NC(=O)CCN=C(N)N)[C@@H](OCc2ccc(-c3ccccc3)cc2)[C@@H]1O. The van der Waals surface area contributed by atoms with Crippen molar-refractivity contribution in [1.29, 1.82) is 0 Å². The van der Waals surface area contributed by atoms with Crippen LogP contribution in [-0.2, 0) is 37.0 Å². The lowest BCUT2D eigenvalue weighted by Gasteiger charge is -2.44. The van der Waals surface area contributed by atoms with Crippen molar-refractivity contribution in [3.05, 3.63) is 108 Å². The molecule has 0 spiro atoms. The number of nitrogens with zero attached hydrogens (tertiary/aromatic N) is 1. The molecule has 1 fully saturated rings. The van der Waals surface area contributed by atoms with Crippen LogP contribution in [0.4, 0.5) is 0 Å². The Bertz CT molecular complexity index is 1560. The van der Waals surface area contributed by atoms with Gasteiger partial charge in [-0.3, -0.25) is 9.79 Å². The van der Waals surface area contributed by atoms with E-state index in [4.69, 9.17) is 30.4 Å². The molecule has 6 N–H and O–H groups in total. The number of fused-ring (bicyclic) bond motifs is 1. The molecule has 4 aromatic rings. The number of aliphatic imine (C=N–C) groups is 1. The minimum atomic E-state index is -1.11. The van der Waals surface area contributed by atoms with Crippen molar-refractivity contribution < 1.29 is 28.8 Å². The summed E-state index contributed by atoms with van der Waals surface area (Å²) in [5.74, 6) is -0.441. The van der Waals surface area contributed by atoms with Gasteiger partial charge < -0.3 is 40.8 Å². The van der Waals surface area contributed by atoms with Crippen LogP contribution in [-0.4, -0.2) is 67.9 Å². The number of rotatable bonds is 13. The van der Waals surface area contributed by atoms with Gasteiger partial charge in [0.1, 0.15) is 24.4 Å². The van der Waals surface area contributed by atoms with E-state index in [1.165, 1.54) is 7.11 Å². The maximum Gasteiger partial charge on any atom is 0.222 e. The topological polar surface area (TPSA) is 151 Å². The summed E-state index contributed by atoms with van der Waals surface area (Å²) in [7, 11) is 1.53. The highest BCUT2D eigenvalue weighted by Gasteiger charge is 2.47. The van der Waals surface area contributed by atoms with Crippen LogP contribution in [0.5, 0.6) is 0 Å². The summed E-state index contributed by atoms with van der Waals surface area (Å²) in [6.07, 6.45) is -3.66. The monoisotopic (exact) mass is 612 g/mol. The Labute approximate surface area is 263 Å². The van der Waals surface area contributed by atoms with Gasteiger partial charge in [-0.1, -0.05) is 91.0 Å². The van der Waals surface area contributed by atoms with Crippen molar-refractivity contribution in [3.8, 4) is 11.1 Å². The van der Waals surface area contributed by atoms with Gasteiger partial charge >= 0.3 is 0 Å². The molecule has 0 aromatic heterocycles. The number of carbonyl (C=O) groups is 1. The van der Waals surface area contributed by atoms with Gasteiger partial charge in [0.25, 0.3) is 0 Å². The molecular formula is C35H40N4O6. The average molecular weight is 613 g/mol. The van der Waals surface area contributed by atoms with E-state index in [2.05, 4.69) is 28.5 Å². The molecule has 1 aliphatic rings. The van der Waals surface area contributed by atoms with E-state index in [1.54, 1.807) is 0 Å². The van der Waals surface area contributed by atoms with Gasteiger partial charge in [0, 0.05) is 13.5 Å². The smallest absolute Gasteiger partial charge is 0.222 e. The number of guanidine groups is 1. The third-order valence-electron chi connectivity index (χ3n) is 7.70. The molecule has 10 nitrogen and oxygen atoms in total. The molecule has 0 bridgehead atoms. The standard InChI is InChI=1S/C35H40N4O6/c1-42-22-29-32(41)33(43-20-23-11-14-27(15-12-23)25-7-3-2-4-8-25)31(39-30(40)17-18-38-35(36)37)34(45-29)44-21-24-13-16-26-9-5-6-10-28(26)19-24/h2-16,19,29,31-34,41H,17-18,20-22H2,1H3,(H,39,40)(H4,36,37,38)/t29-,31-,32-,33-,34?/m1/s1. The molecular weight excluding hydrogens is 572 g/mol. The third-order valence-corrected chi connectivity index (χ3v) is 7.70. The number of nitrogens with one attached hydrogen (secondary N) is 1. The van der Waals surface area contributed by atoms with Gasteiger partial charge in [-0.15, -0.1) is 0 Å². The Morgan fingerprint density at radius 1 is 0.867 bits per heavy atom. The van der Waals surface area contributed by atoms with Crippen LogP contribution < -0.4 is 16.8 Å². The van der Waals surface area contributed by atoms with Gasteiger partial charge in [0.15, 0.2) is 12.2 Å². The molecule has 1 aliphatic heterocycles. The summed E-state index contributed by atoms with van der Waals surface area (Å²) in [6, 6.07) is 31.4. The molecule has 4 aromatic carbocycles. The minimum absolute atomic E-state index is 0.0249. The number of methoxy groups -OCH3 is 1. The zero-order chi connectivity index (χ0) is 31.6. The third kappa shape index (κ3) is 8.65.